The minimum atomic E-state index is -0.553. The van der Waals surface area contributed by atoms with E-state index in [4.69, 9.17) is 0 Å². The molecular formula is C21H26N4O3. The van der Waals surface area contributed by atoms with Crippen LogP contribution in [0, 0.1) is 0 Å². The van der Waals surface area contributed by atoms with Gasteiger partial charge in [0.15, 0.2) is 0 Å². The topological polar surface area (TPSA) is 81.8 Å². The summed E-state index contributed by atoms with van der Waals surface area (Å²) in [6.07, 6.45) is 4.32. The van der Waals surface area contributed by atoms with Crippen molar-refractivity contribution < 1.29 is 14.4 Å². The molecule has 3 fully saturated rings. The van der Waals surface area contributed by atoms with Crippen molar-refractivity contribution in [3.63, 3.8) is 0 Å². The molecule has 5 rings (SSSR count). The van der Waals surface area contributed by atoms with Gasteiger partial charge in [-0.2, -0.15) is 0 Å². The summed E-state index contributed by atoms with van der Waals surface area (Å²) in [5.74, 6) is -0.699. The Morgan fingerprint density at radius 2 is 2.07 bits per heavy atom. The number of fused-ring (bicyclic) bond motifs is 1. The molecule has 0 bridgehead atoms. The van der Waals surface area contributed by atoms with E-state index >= 15 is 0 Å². The number of carbonyl (C=O) groups is 3. The van der Waals surface area contributed by atoms with Crippen LogP contribution in [0.4, 0.5) is 0 Å². The fourth-order valence-corrected chi connectivity index (χ4v) is 5.46. The standard InChI is InChI=1S/C21H26N4O3/c26-18-6-5-17(19(27)23-18)25-12-16-14(3-1-4-15(16)20(25)28)11-24-10-2-7-21(24)8-9-22-13-21/h1,3-4,17,22H,2,5-13H2,(H,23,26,27). The number of carbonyl (C=O) groups excluding carboxylic acids is 3. The number of imide groups is 1. The first-order valence-electron chi connectivity index (χ1n) is 10.3. The highest BCUT2D eigenvalue weighted by Gasteiger charge is 2.44. The minimum absolute atomic E-state index is 0.0926. The van der Waals surface area contributed by atoms with E-state index < -0.39 is 6.04 Å². The van der Waals surface area contributed by atoms with Crippen molar-refractivity contribution in [2.24, 2.45) is 0 Å². The molecule has 4 aliphatic heterocycles. The van der Waals surface area contributed by atoms with E-state index in [2.05, 4.69) is 21.6 Å². The van der Waals surface area contributed by atoms with E-state index in [1.54, 1.807) is 4.90 Å². The summed E-state index contributed by atoms with van der Waals surface area (Å²) < 4.78 is 0. The van der Waals surface area contributed by atoms with Gasteiger partial charge in [-0.3, -0.25) is 24.6 Å². The molecule has 3 amide bonds. The first-order valence-corrected chi connectivity index (χ1v) is 10.3. The van der Waals surface area contributed by atoms with Gasteiger partial charge >= 0.3 is 0 Å². The zero-order chi connectivity index (χ0) is 19.3. The molecule has 3 saturated heterocycles. The molecule has 1 aromatic carbocycles. The number of piperidine rings is 1. The Hall–Kier alpha value is -2.25. The Balaban J connectivity index is 1.39. The lowest BCUT2D eigenvalue weighted by Crippen LogP contribution is -2.52. The van der Waals surface area contributed by atoms with E-state index in [1.807, 2.05) is 12.1 Å². The van der Waals surface area contributed by atoms with E-state index in [9.17, 15) is 14.4 Å². The zero-order valence-corrected chi connectivity index (χ0v) is 16.0. The zero-order valence-electron chi connectivity index (χ0n) is 16.0. The molecule has 7 heteroatoms. The Morgan fingerprint density at radius 3 is 2.86 bits per heavy atom. The summed E-state index contributed by atoms with van der Waals surface area (Å²) >= 11 is 0. The van der Waals surface area contributed by atoms with Crippen LogP contribution < -0.4 is 10.6 Å². The Labute approximate surface area is 164 Å². The highest BCUT2D eigenvalue weighted by molar-refractivity contribution is 6.05. The molecule has 2 unspecified atom stereocenters. The highest BCUT2D eigenvalue weighted by atomic mass is 16.2. The third-order valence-corrected chi connectivity index (χ3v) is 7.00. The van der Waals surface area contributed by atoms with Gasteiger partial charge in [-0.25, -0.2) is 0 Å². The average molecular weight is 382 g/mol. The number of amides is 3. The molecule has 2 N–H and O–H groups in total. The molecule has 0 radical (unpaired) electrons. The van der Waals surface area contributed by atoms with Crippen LogP contribution in [0.2, 0.25) is 0 Å². The molecule has 4 heterocycles. The second-order valence-electron chi connectivity index (χ2n) is 8.52. The van der Waals surface area contributed by atoms with Gasteiger partial charge in [0.1, 0.15) is 6.04 Å². The summed E-state index contributed by atoms with van der Waals surface area (Å²) in [6.45, 7) is 4.52. The summed E-state index contributed by atoms with van der Waals surface area (Å²) in [5, 5.41) is 5.89. The smallest absolute Gasteiger partial charge is 0.255 e. The summed E-state index contributed by atoms with van der Waals surface area (Å²) in [7, 11) is 0. The summed E-state index contributed by atoms with van der Waals surface area (Å²) in [5.41, 5.74) is 3.20. The van der Waals surface area contributed by atoms with Crippen molar-refractivity contribution in [3.8, 4) is 0 Å². The maximum absolute atomic E-state index is 13.0. The largest absolute Gasteiger partial charge is 0.322 e. The monoisotopic (exact) mass is 382 g/mol. The average Bonchev–Trinajstić information content (AvgIpc) is 3.38. The van der Waals surface area contributed by atoms with Crippen LogP contribution in [0.3, 0.4) is 0 Å². The lowest BCUT2D eigenvalue weighted by molar-refractivity contribution is -0.136. The minimum Gasteiger partial charge on any atom is -0.322 e. The number of hydrogen-bond donors (Lipinski definition) is 2. The van der Waals surface area contributed by atoms with Gasteiger partial charge in [-0.15, -0.1) is 0 Å². The maximum atomic E-state index is 13.0. The second-order valence-corrected chi connectivity index (χ2v) is 8.52. The van der Waals surface area contributed by atoms with Crippen LogP contribution in [0.25, 0.3) is 0 Å². The number of benzene rings is 1. The molecule has 1 spiro atoms. The highest BCUT2D eigenvalue weighted by Crippen LogP contribution is 2.37. The van der Waals surface area contributed by atoms with Crippen molar-refractivity contribution in [2.45, 2.75) is 56.8 Å². The molecular weight excluding hydrogens is 356 g/mol. The Kier molecular flexibility index (Phi) is 4.25. The molecule has 0 aromatic heterocycles. The van der Waals surface area contributed by atoms with Crippen molar-refractivity contribution in [3.05, 3.63) is 34.9 Å². The molecule has 0 saturated carbocycles. The maximum Gasteiger partial charge on any atom is 0.255 e. The normalized spacial score (nSPS) is 30.4. The van der Waals surface area contributed by atoms with Gasteiger partial charge in [-0.05, 0) is 56.0 Å². The summed E-state index contributed by atoms with van der Waals surface area (Å²) in [4.78, 5) is 41.0. The second kappa shape index (κ2) is 6.67. The van der Waals surface area contributed by atoms with Crippen LogP contribution >= 0.6 is 0 Å². The Morgan fingerprint density at radius 1 is 1.18 bits per heavy atom. The molecule has 0 aliphatic carbocycles. The van der Waals surface area contributed by atoms with E-state index in [0.29, 0.717) is 18.5 Å². The summed E-state index contributed by atoms with van der Waals surface area (Å²) in [6, 6.07) is 5.39. The van der Waals surface area contributed by atoms with Crippen LogP contribution in [-0.2, 0) is 22.7 Å². The molecule has 1 aromatic rings. The van der Waals surface area contributed by atoms with Crippen LogP contribution in [-0.4, -0.2) is 58.7 Å². The lowest BCUT2D eigenvalue weighted by atomic mass is 9.94. The molecule has 148 valence electrons. The van der Waals surface area contributed by atoms with E-state index in [-0.39, 0.29) is 29.7 Å². The lowest BCUT2D eigenvalue weighted by Gasteiger charge is -2.35. The van der Waals surface area contributed by atoms with Crippen molar-refractivity contribution in [1.29, 1.82) is 0 Å². The first-order chi connectivity index (χ1) is 13.6. The molecule has 4 aliphatic rings. The van der Waals surface area contributed by atoms with Gasteiger partial charge < -0.3 is 10.2 Å². The van der Waals surface area contributed by atoms with Gasteiger partial charge in [-0.1, -0.05) is 12.1 Å². The number of hydrogen-bond acceptors (Lipinski definition) is 5. The molecule has 7 nitrogen and oxygen atoms in total. The van der Waals surface area contributed by atoms with Crippen molar-refractivity contribution in [1.82, 2.24) is 20.4 Å². The van der Waals surface area contributed by atoms with Gasteiger partial charge in [0.05, 0.1) is 0 Å². The predicted octanol–water partition coefficient (Wildman–Crippen LogP) is 0.776. The SMILES string of the molecule is O=C1CCC(N2Cc3c(CN4CCCC45CCNC5)cccc3C2=O)C(=O)N1. The fraction of sp³-hybridized carbons (Fsp3) is 0.571. The molecule has 28 heavy (non-hydrogen) atoms. The first kappa shape index (κ1) is 17.8. The Bertz CT molecular complexity index is 841. The van der Waals surface area contributed by atoms with Crippen molar-refractivity contribution >= 4 is 17.7 Å². The van der Waals surface area contributed by atoms with E-state index in [1.165, 1.54) is 24.8 Å². The van der Waals surface area contributed by atoms with E-state index in [0.717, 1.165) is 31.7 Å². The van der Waals surface area contributed by atoms with Gasteiger partial charge in [0, 0.05) is 37.2 Å². The van der Waals surface area contributed by atoms with Gasteiger partial charge in [0.2, 0.25) is 11.8 Å². The van der Waals surface area contributed by atoms with Crippen molar-refractivity contribution in [2.75, 3.05) is 19.6 Å². The third kappa shape index (κ3) is 2.76. The van der Waals surface area contributed by atoms with Gasteiger partial charge in [0.25, 0.3) is 5.91 Å². The number of nitrogens with zero attached hydrogens (tertiary/aromatic N) is 2. The third-order valence-electron chi connectivity index (χ3n) is 7.00. The van der Waals surface area contributed by atoms with Crippen LogP contribution in [0.15, 0.2) is 18.2 Å². The number of likely N-dealkylation sites (tertiary alicyclic amines) is 1. The fourth-order valence-electron chi connectivity index (χ4n) is 5.46. The van der Waals surface area contributed by atoms with Crippen LogP contribution in [0.1, 0.15) is 53.6 Å². The predicted molar refractivity (Wildman–Crippen MR) is 102 cm³/mol. The number of rotatable bonds is 3. The number of nitrogens with one attached hydrogen (secondary N) is 2. The van der Waals surface area contributed by atoms with Crippen LogP contribution in [0.5, 0.6) is 0 Å². The quantitative estimate of drug-likeness (QED) is 0.755. The molecule has 2 atom stereocenters.